The maximum atomic E-state index is 13.4. The van der Waals surface area contributed by atoms with Gasteiger partial charge in [0.2, 0.25) is 0 Å². The lowest BCUT2D eigenvalue weighted by Gasteiger charge is -2.20. The lowest BCUT2D eigenvalue weighted by atomic mass is 10.0. The second-order valence-corrected chi connectivity index (χ2v) is 10.0. The van der Waals surface area contributed by atoms with Crippen LogP contribution in [0.3, 0.4) is 0 Å². The van der Waals surface area contributed by atoms with Gasteiger partial charge in [0.05, 0.1) is 4.91 Å². The molecule has 0 radical (unpaired) electrons. The van der Waals surface area contributed by atoms with Crippen molar-refractivity contribution in [1.82, 2.24) is 9.47 Å². The van der Waals surface area contributed by atoms with E-state index < -0.39 is 0 Å². The van der Waals surface area contributed by atoms with Crippen molar-refractivity contribution in [3.05, 3.63) is 67.6 Å². The van der Waals surface area contributed by atoms with E-state index >= 15 is 0 Å². The number of unbranched alkanes of at least 4 members (excludes halogenated alkanes) is 1. The average Bonchev–Trinajstić information content (AvgIpc) is 3.13. The third kappa shape index (κ3) is 6.22. The molecule has 2 heterocycles. The maximum Gasteiger partial charge on any atom is 0.270 e. The zero-order valence-corrected chi connectivity index (χ0v) is 22.2. The summed E-state index contributed by atoms with van der Waals surface area (Å²) < 4.78 is 20.5. The van der Waals surface area contributed by atoms with E-state index in [-0.39, 0.29) is 22.8 Å². The van der Waals surface area contributed by atoms with Crippen molar-refractivity contribution >= 4 is 46.1 Å². The minimum Gasteiger partial charge on any atom is -0.385 e. The Bertz CT molecular complexity index is 1270. The van der Waals surface area contributed by atoms with Gasteiger partial charge in [0.15, 0.2) is 0 Å². The summed E-state index contributed by atoms with van der Waals surface area (Å²) in [7, 11) is 1.60. The van der Waals surface area contributed by atoms with Crippen molar-refractivity contribution < 1.29 is 13.9 Å². The van der Waals surface area contributed by atoms with Crippen LogP contribution in [-0.2, 0) is 22.6 Å². The summed E-state index contributed by atoms with van der Waals surface area (Å²) in [6.07, 6.45) is 3.95. The van der Waals surface area contributed by atoms with Crippen LogP contribution in [-0.4, -0.2) is 40.0 Å². The van der Waals surface area contributed by atoms with Gasteiger partial charge in [0, 0.05) is 38.9 Å². The van der Waals surface area contributed by atoms with Crippen molar-refractivity contribution in [3.8, 4) is 6.07 Å². The van der Waals surface area contributed by atoms with Gasteiger partial charge in [-0.25, -0.2) is 4.39 Å². The van der Waals surface area contributed by atoms with Gasteiger partial charge in [-0.15, -0.1) is 0 Å². The van der Waals surface area contributed by atoms with Crippen LogP contribution >= 0.6 is 24.0 Å². The average molecular weight is 529 g/mol. The summed E-state index contributed by atoms with van der Waals surface area (Å²) in [5, 5.41) is 13.1. The normalized spacial score (nSPS) is 14.5. The Morgan fingerprint density at radius 2 is 1.94 bits per heavy atom. The van der Waals surface area contributed by atoms with Crippen molar-refractivity contribution in [2.75, 3.05) is 25.6 Å². The van der Waals surface area contributed by atoms with Crippen LogP contribution in [0.4, 0.5) is 10.2 Å². The highest BCUT2D eigenvalue weighted by Gasteiger charge is 2.32. The van der Waals surface area contributed by atoms with Gasteiger partial charge in [0.1, 0.15) is 27.6 Å². The Kier molecular flexibility index (Phi) is 9.81. The van der Waals surface area contributed by atoms with Crippen molar-refractivity contribution in [1.29, 1.82) is 5.26 Å². The molecule has 0 saturated carbocycles. The Hall–Kier alpha value is -3.00. The van der Waals surface area contributed by atoms with Gasteiger partial charge in [-0.2, -0.15) is 5.26 Å². The van der Waals surface area contributed by atoms with Crippen LogP contribution in [0.5, 0.6) is 0 Å². The molecule has 0 aliphatic carbocycles. The number of amides is 1. The number of hydrogen-bond donors (Lipinski definition) is 1. The maximum absolute atomic E-state index is 13.4. The Morgan fingerprint density at radius 1 is 1.22 bits per heavy atom. The number of anilines is 1. The zero-order valence-electron chi connectivity index (χ0n) is 20.6. The fraction of sp³-hybridized carbons (Fsp3) is 0.385. The van der Waals surface area contributed by atoms with Crippen LogP contribution < -0.4 is 10.9 Å². The molecule has 1 saturated heterocycles. The molecule has 1 aromatic carbocycles. The smallest absolute Gasteiger partial charge is 0.270 e. The topological polar surface area (TPSA) is 87.4 Å². The Morgan fingerprint density at radius 3 is 2.58 bits per heavy atom. The predicted molar refractivity (Wildman–Crippen MR) is 145 cm³/mol. The first kappa shape index (κ1) is 27.6. The zero-order chi connectivity index (χ0) is 26.2. The van der Waals surface area contributed by atoms with Gasteiger partial charge in [-0.05, 0) is 49.1 Å². The molecule has 2 aromatic rings. The molecule has 1 amide bonds. The van der Waals surface area contributed by atoms with E-state index in [4.69, 9.17) is 17.0 Å². The van der Waals surface area contributed by atoms with Gasteiger partial charge in [-0.1, -0.05) is 49.5 Å². The molecule has 190 valence electrons. The number of pyridine rings is 1. The fourth-order valence-corrected chi connectivity index (χ4v) is 5.15. The number of benzene rings is 1. The van der Waals surface area contributed by atoms with Crippen molar-refractivity contribution in [3.63, 3.8) is 0 Å². The second kappa shape index (κ2) is 12.8. The van der Waals surface area contributed by atoms with E-state index in [1.54, 1.807) is 41.7 Å². The molecule has 1 fully saturated rings. The molecule has 7 nitrogen and oxygen atoms in total. The number of hydrogen-bond acceptors (Lipinski definition) is 7. The standard InChI is InChI=1S/C26H29FN4O3S2/c1-4-5-11-30-23(29-16-18-7-9-19(27)10-8-18)20(17(2)21(15-28)24(30)32)14-22-25(33)31(26(35)36-22)12-6-13-34-3/h7-10,14,29H,4-6,11-13,16H2,1-3H3/b22-14+. The van der Waals surface area contributed by atoms with Gasteiger partial charge < -0.3 is 10.1 Å². The lowest BCUT2D eigenvalue weighted by Crippen LogP contribution is -2.30. The van der Waals surface area contributed by atoms with Gasteiger partial charge in [-0.3, -0.25) is 19.1 Å². The van der Waals surface area contributed by atoms with E-state index in [1.165, 1.54) is 23.9 Å². The number of nitrogens with one attached hydrogen (secondary N) is 1. The molecule has 1 aliphatic rings. The number of ether oxygens (including phenoxy) is 1. The van der Waals surface area contributed by atoms with Crippen molar-refractivity contribution in [2.45, 2.75) is 46.2 Å². The van der Waals surface area contributed by atoms with E-state index in [1.807, 2.05) is 13.0 Å². The van der Waals surface area contributed by atoms with E-state index in [0.29, 0.717) is 58.8 Å². The SMILES string of the molecule is CCCCn1c(NCc2ccc(F)cc2)c(/C=C2/SC(=S)N(CCCOC)C2=O)c(C)c(C#N)c1=O. The molecule has 3 rings (SSSR count). The summed E-state index contributed by atoms with van der Waals surface area (Å²) in [6, 6.07) is 8.12. The summed E-state index contributed by atoms with van der Waals surface area (Å²) in [5.74, 6) is -0.0326. The number of carbonyl (C=O) groups is 1. The van der Waals surface area contributed by atoms with Crippen LogP contribution in [0.15, 0.2) is 34.0 Å². The minimum absolute atomic E-state index is 0.0419. The number of nitriles is 1. The lowest BCUT2D eigenvalue weighted by molar-refractivity contribution is -0.122. The summed E-state index contributed by atoms with van der Waals surface area (Å²) in [6.45, 7) is 5.43. The van der Waals surface area contributed by atoms with Crippen LogP contribution in [0.2, 0.25) is 0 Å². The summed E-state index contributed by atoms with van der Waals surface area (Å²) in [4.78, 5) is 28.3. The van der Waals surface area contributed by atoms with Crippen molar-refractivity contribution in [2.24, 2.45) is 0 Å². The molecule has 0 bridgehead atoms. The van der Waals surface area contributed by atoms with E-state index in [9.17, 15) is 19.2 Å². The van der Waals surface area contributed by atoms with Crippen LogP contribution in [0.1, 0.15) is 48.4 Å². The first-order valence-corrected chi connectivity index (χ1v) is 12.9. The van der Waals surface area contributed by atoms with E-state index in [2.05, 4.69) is 5.32 Å². The first-order valence-electron chi connectivity index (χ1n) is 11.7. The molecule has 1 N–H and O–H groups in total. The van der Waals surface area contributed by atoms with E-state index in [0.717, 1.165) is 18.4 Å². The molecule has 36 heavy (non-hydrogen) atoms. The summed E-state index contributed by atoms with van der Waals surface area (Å²) in [5.41, 5.74) is 1.56. The number of nitrogens with zero attached hydrogens (tertiary/aromatic N) is 3. The molecule has 0 atom stereocenters. The van der Waals surface area contributed by atoms with Crippen LogP contribution in [0, 0.1) is 24.1 Å². The number of aromatic nitrogens is 1. The quantitative estimate of drug-likeness (QED) is 0.254. The highest BCUT2D eigenvalue weighted by Crippen LogP contribution is 2.35. The number of thiocarbonyl (C=S) groups is 1. The molecule has 0 spiro atoms. The fourth-order valence-electron chi connectivity index (χ4n) is 3.86. The van der Waals surface area contributed by atoms with Gasteiger partial charge >= 0.3 is 0 Å². The number of halogens is 1. The number of carbonyl (C=O) groups excluding carboxylic acids is 1. The molecule has 0 unspecified atom stereocenters. The highest BCUT2D eigenvalue weighted by atomic mass is 32.2. The number of methoxy groups -OCH3 is 1. The molecule has 1 aliphatic heterocycles. The molecule has 10 heteroatoms. The molecular weight excluding hydrogens is 499 g/mol. The molecule has 1 aromatic heterocycles. The monoisotopic (exact) mass is 528 g/mol. The highest BCUT2D eigenvalue weighted by molar-refractivity contribution is 8.26. The first-order chi connectivity index (χ1) is 17.3. The Balaban J connectivity index is 2.09. The third-order valence-electron chi connectivity index (χ3n) is 5.86. The molecular formula is C26H29FN4O3S2. The summed E-state index contributed by atoms with van der Waals surface area (Å²) >= 11 is 6.63. The van der Waals surface area contributed by atoms with Gasteiger partial charge in [0.25, 0.3) is 11.5 Å². The number of thioether (sulfide) groups is 1. The Labute approximate surface area is 219 Å². The van der Waals surface area contributed by atoms with Crippen LogP contribution in [0.25, 0.3) is 6.08 Å². The second-order valence-electron chi connectivity index (χ2n) is 8.34. The number of rotatable bonds is 11. The largest absolute Gasteiger partial charge is 0.385 e. The minimum atomic E-state index is -0.380. The third-order valence-corrected chi connectivity index (χ3v) is 7.24. The predicted octanol–water partition coefficient (Wildman–Crippen LogP) is 4.82.